The molecule has 1 aromatic rings. The highest BCUT2D eigenvalue weighted by atomic mass is 19.4. The number of nitrogens with one attached hydrogen (secondary N) is 1. The number of nitrogens with zero attached hydrogens (tertiary/aromatic N) is 2. The van der Waals surface area contributed by atoms with E-state index < -0.39 is 36.9 Å². The Bertz CT molecular complexity index is 946. The molecule has 0 spiro atoms. The molecule has 0 aromatic heterocycles. The van der Waals surface area contributed by atoms with Crippen LogP contribution in [0.15, 0.2) is 18.2 Å². The second-order valence-corrected chi connectivity index (χ2v) is 10.9. The number of carbonyl (C=O) groups is 2. The van der Waals surface area contributed by atoms with E-state index in [1.54, 1.807) is 17.9 Å². The lowest BCUT2D eigenvalue weighted by atomic mass is 10.0. The molecule has 40 heavy (non-hydrogen) atoms. The molecule has 1 aliphatic heterocycles. The van der Waals surface area contributed by atoms with E-state index >= 15 is 0 Å². The van der Waals surface area contributed by atoms with Gasteiger partial charge in [-0.2, -0.15) is 13.2 Å². The third kappa shape index (κ3) is 11.2. The summed E-state index contributed by atoms with van der Waals surface area (Å²) in [6.45, 7) is 10.1. The fourth-order valence-corrected chi connectivity index (χ4v) is 4.72. The zero-order valence-corrected chi connectivity index (χ0v) is 24.4. The summed E-state index contributed by atoms with van der Waals surface area (Å²) in [5, 5.41) is 12.5. The number of ether oxygens (including phenoxy) is 2. The smallest absolute Gasteiger partial charge is 0.389 e. The number of carbonyl (C=O) groups excluding carboxylic acids is 2. The van der Waals surface area contributed by atoms with Crippen LogP contribution in [0.4, 0.5) is 18.9 Å². The third-order valence-electron chi connectivity index (χ3n) is 7.07. The van der Waals surface area contributed by atoms with Crippen LogP contribution in [0, 0.1) is 5.92 Å². The summed E-state index contributed by atoms with van der Waals surface area (Å²) < 4.78 is 50.2. The Hall–Kier alpha value is -2.37. The normalized spacial score (nSPS) is 22.3. The van der Waals surface area contributed by atoms with Crippen LogP contribution in [0.5, 0.6) is 5.75 Å². The van der Waals surface area contributed by atoms with Crippen LogP contribution < -0.4 is 10.1 Å². The number of hydrogen-bond acceptors (Lipinski definition) is 6. The Morgan fingerprint density at radius 3 is 2.65 bits per heavy atom. The van der Waals surface area contributed by atoms with Crippen molar-refractivity contribution >= 4 is 17.5 Å². The number of rotatable bonds is 9. The quantitative estimate of drug-likeness (QED) is 0.427. The number of aliphatic hydroxyl groups is 1. The molecule has 0 fully saturated rings. The van der Waals surface area contributed by atoms with E-state index in [9.17, 15) is 27.9 Å². The number of halogens is 3. The predicted octanol–water partition coefficient (Wildman–Crippen LogP) is 5.10. The molecular formula is C29H46F3N3O5. The number of aliphatic hydroxyl groups excluding tert-OH is 1. The second kappa shape index (κ2) is 16.2. The number of amides is 2. The first-order valence-electron chi connectivity index (χ1n) is 14.2. The molecule has 1 aliphatic rings. The predicted molar refractivity (Wildman–Crippen MR) is 149 cm³/mol. The summed E-state index contributed by atoms with van der Waals surface area (Å²) in [5.74, 6) is -0.945. The van der Waals surface area contributed by atoms with Gasteiger partial charge in [-0.05, 0) is 71.3 Å². The maximum atomic E-state index is 14.0. The molecule has 4 atom stereocenters. The summed E-state index contributed by atoms with van der Waals surface area (Å²) in [7, 11) is 2.05. The number of alkyl halides is 3. The van der Waals surface area contributed by atoms with Crippen LogP contribution in [-0.4, -0.2) is 91.0 Å². The molecule has 228 valence electrons. The van der Waals surface area contributed by atoms with Crippen molar-refractivity contribution in [2.45, 2.75) is 90.6 Å². The van der Waals surface area contributed by atoms with Crippen molar-refractivity contribution in [2.75, 3.05) is 45.2 Å². The summed E-state index contributed by atoms with van der Waals surface area (Å²) in [6, 6.07) is 3.99. The Balaban J connectivity index is 2.42. The van der Waals surface area contributed by atoms with Crippen LogP contribution in [-0.2, 0) is 9.53 Å². The van der Waals surface area contributed by atoms with E-state index in [4.69, 9.17) is 9.47 Å². The topological polar surface area (TPSA) is 91.3 Å². The lowest BCUT2D eigenvalue weighted by Gasteiger charge is -2.35. The zero-order valence-electron chi connectivity index (χ0n) is 24.4. The molecule has 0 radical (unpaired) electrons. The van der Waals surface area contributed by atoms with Crippen molar-refractivity contribution in [3.05, 3.63) is 23.8 Å². The van der Waals surface area contributed by atoms with Gasteiger partial charge in [-0.3, -0.25) is 9.59 Å². The number of anilines is 1. The molecule has 0 saturated carbocycles. The van der Waals surface area contributed by atoms with E-state index in [2.05, 4.69) is 17.1 Å². The maximum absolute atomic E-state index is 14.0. The first kappa shape index (κ1) is 33.8. The van der Waals surface area contributed by atoms with Gasteiger partial charge in [0.05, 0.1) is 36.8 Å². The van der Waals surface area contributed by atoms with Crippen molar-refractivity contribution in [1.29, 1.82) is 0 Å². The summed E-state index contributed by atoms with van der Waals surface area (Å²) in [6.07, 6.45) is -3.27. The van der Waals surface area contributed by atoms with Crippen molar-refractivity contribution in [3.63, 3.8) is 0 Å². The fourth-order valence-electron chi connectivity index (χ4n) is 4.72. The minimum atomic E-state index is -4.45. The SMILES string of the molecule is CCCN(C)C[C@@H]1OCCCC[C@H](C)Oc2ccc(NC(=O)CCC(F)(F)F)cc2C(=O)N([C@@H](C)CO)C[C@@H]1C. The van der Waals surface area contributed by atoms with Crippen molar-refractivity contribution in [2.24, 2.45) is 5.92 Å². The molecule has 1 heterocycles. The summed E-state index contributed by atoms with van der Waals surface area (Å²) in [5.41, 5.74) is 0.370. The van der Waals surface area contributed by atoms with Gasteiger partial charge in [-0.15, -0.1) is 0 Å². The van der Waals surface area contributed by atoms with Crippen LogP contribution in [0.3, 0.4) is 0 Å². The fraction of sp³-hybridized carbons (Fsp3) is 0.724. The molecular weight excluding hydrogens is 527 g/mol. The Labute approximate surface area is 236 Å². The van der Waals surface area contributed by atoms with Crippen molar-refractivity contribution in [3.8, 4) is 5.75 Å². The molecule has 2 amide bonds. The van der Waals surface area contributed by atoms with Gasteiger partial charge >= 0.3 is 6.18 Å². The Kier molecular flexibility index (Phi) is 13.7. The van der Waals surface area contributed by atoms with Crippen molar-refractivity contribution in [1.82, 2.24) is 9.80 Å². The second-order valence-electron chi connectivity index (χ2n) is 10.9. The number of benzene rings is 1. The van der Waals surface area contributed by atoms with Gasteiger partial charge in [0.25, 0.3) is 5.91 Å². The third-order valence-corrected chi connectivity index (χ3v) is 7.07. The standard InChI is InChI=1S/C29H46F3N3O5/c1-6-14-34(5)18-26-20(2)17-35(21(3)19-36)28(38)24-16-23(33-27(37)12-13-29(30,31)32)10-11-25(24)40-22(4)9-7-8-15-39-26/h10-11,16,20-22,26,36H,6-9,12-15,17-19H2,1-5H3,(H,33,37)/t20-,21-,22-,26-/m0/s1. The van der Waals surface area contributed by atoms with E-state index in [1.807, 2.05) is 20.9 Å². The average molecular weight is 574 g/mol. The highest BCUT2D eigenvalue weighted by molar-refractivity contribution is 5.99. The Morgan fingerprint density at radius 2 is 2.00 bits per heavy atom. The molecule has 2 rings (SSSR count). The number of likely N-dealkylation sites (N-methyl/N-ethyl adjacent to an activating group) is 1. The first-order chi connectivity index (χ1) is 18.8. The lowest BCUT2D eigenvalue weighted by Crippen LogP contribution is -2.47. The highest BCUT2D eigenvalue weighted by Gasteiger charge is 2.31. The van der Waals surface area contributed by atoms with Crippen LogP contribution in [0.25, 0.3) is 0 Å². The van der Waals surface area contributed by atoms with Crippen LogP contribution in [0.2, 0.25) is 0 Å². The molecule has 2 N–H and O–H groups in total. The van der Waals surface area contributed by atoms with Gasteiger partial charge < -0.3 is 29.7 Å². The molecule has 11 heteroatoms. The molecule has 0 aliphatic carbocycles. The van der Waals surface area contributed by atoms with Crippen LogP contribution in [0.1, 0.15) is 76.6 Å². The maximum Gasteiger partial charge on any atom is 0.389 e. The molecule has 1 aromatic carbocycles. The van der Waals surface area contributed by atoms with Gasteiger partial charge in [-0.1, -0.05) is 13.8 Å². The largest absolute Gasteiger partial charge is 0.490 e. The first-order valence-corrected chi connectivity index (χ1v) is 14.2. The van der Waals surface area contributed by atoms with Gasteiger partial charge in [0.2, 0.25) is 5.91 Å². The minimum absolute atomic E-state index is 0.0613. The molecule has 8 nitrogen and oxygen atoms in total. The lowest BCUT2D eigenvalue weighted by molar-refractivity contribution is -0.142. The molecule has 0 saturated heterocycles. The Morgan fingerprint density at radius 1 is 1.27 bits per heavy atom. The monoisotopic (exact) mass is 573 g/mol. The van der Waals surface area contributed by atoms with Gasteiger partial charge in [0, 0.05) is 37.7 Å². The molecule has 0 bridgehead atoms. The van der Waals surface area contributed by atoms with Gasteiger partial charge in [-0.25, -0.2) is 0 Å². The summed E-state index contributed by atoms with van der Waals surface area (Å²) >= 11 is 0. The molecule has 0 unspecified atom stereocenters. The summed E-state index contributed by atoms with van der Waals surface area (Å²) in [4.78, 5) is 30.0. The van der Waals surface area contributed by atoms with Crippen molar-refractivity contribution < 1.29 is 37.3 Å². The number of hydrogen-bond donors (Lipinski definition) is 2. The van der Waals surface area contributed by atoms with E-state index in [0.717, 1.165) is 32.2 Å². The van der Waals surface area contributed by atoms with E-state index in [0.29, 0.717) is 25.4 Å². The average Bonchev–Trinajstić information content (AvgIpc) is 2.88. The van der Waals surface area contributed by atoms with E-state index in [-0.39, 0.29) is 36.0 Å². The zero-order chi connectivity index (χ0) is 29.9. The van der Waals surface area contributed by atoms with Crippen LogP contribution >= 0.6 is 0 Å². The highest BCUT2D eigenvalue weighted by Crippen LogP contribution is 2.29. The van der Waals surface area contributed by atoms with E-state index in [1.165, 1.54) is 12.1 Å². The van der Waals surface area contributed by atoms with Gasteiger partial charge in [0.15, 0.2) is 0 Å². The van der Waals surface area contributed by atoms with Gasteiger partial charge in [0.1, 0.15) is 5.75 Å². The number of fused-ring (bicyclic) bond motifs is 1. The minimum Gasteiger partial charge on any atom is -0.490 e.